The van der Waals surface area contributed by atoms with Gasteiger partial charge in [-0.1, -0.05) is 25.8 Å². The lowest BCUT2D eigenvalue weighted by atomic mass is 9.87. The number of isocyanates is 1. The summed E-state index contributed by atoms with van der Waals surface area (Å²) in [6, 6.07) is 2.83. The minimum atomic E-state index is -0.905. The van der Waals surface area contributed by atoms with Gasteiger partial charge in [-0.3, -0.25) is 0 Å². The highest BCUT2D eigenvalue weighted by Gasteiger charge is 2.38. The zero-order valence-electron chi connectivity index (χ0n) is 10.3. The van der Waals surface area contributed by atoms with Gasteiger partial charge in [0.1, 0.15) is 5.54 Å². The van der Waals surface area contributed by atoms with Gasteiger partial charge in [0, 0.05) is 5.56 Å². The van der Waals surface area contributed by atoms with Gasteiger partial charge >= 0.3 is 0 Å². The van der Waals surface area contributed by atoms with Crippen LogP contribution in [-0.4, -0.2) is 6.08 Å². The highest BCUT2D eigenvalue weighted by Crippen LogP contribution is 2.43. The van der Waals surface area contributed by atoms with Gasteiger partial charge in [0.2, 0.25) is 6.08 Å². The smallest absolute Gasteiger partial charge is 0.211 e. The maximum absolute atomic E-state index is 14.0. The van der Waals surface area contributed by atoms with E-state index in [-0.39, 0.29) is 5.56 Å². The van der Waals surface area contributed by atoms with Crippen LogP contribution >= 0.6 is 0 Å². The van der Waals surface area contributed by atoms with Gasteiger partial charge in [0.15, 0.2) is 11.6 Å². The number of aliphatic imine (C=N–C) groups is 1. The van der Waals surface area contributed by atoms with Crippen LogP contribution in [-0.2, 0) is 16.8 Å². The van der Waals surface area contributed by atoms with Crippen LogP contribution in [0.3, 0.4) is 0 Å². The minimum Gasteiger partial charge on any atom is -0.211 e. The number of nitrogens with zero attached hydrogens (tertiary/aromatic N) is 1. The molecule has 0 aromatic heterocycles. The number of benzene rings is 1. The third-order valence-electron chi connectivity index (χ3n) is 3.69. The average molecular weight is 251 g/mol. The zero-order chi connectivity index (χ0) is 13.2. The van der Waals surface area contributed by atoms with E-state index in [1.807, 2.05) is 6.92 Å². The maximum atomic E-state index is 14.0. The van der Waals surface area contributed by atoms with Crippen molar-refractivity contribution in [3.63, 3.8) is 0 Å². The quantitative estimate of drug-likeness (QED) is 0.595. The van der Waals surface area contributed by atoms with E-state index in [1.54, 1.807) is 6.07 Å². The molecule has 1 saturated carbocycles. The Hall–Kier alpha value is -1.54. The Bertz CT molecular complexity index is 501. The van der Waals surface area contributed by atoms with Crippen LogP contribution in [0.25, 0.3) is 0 Å². The Balaban J connectivity index is 2.60. The lowest BCUT2D eigenvalue weighted by molar-refractivity contribution is 0.410. The SMILES string of the molecule is CCc1cc(F)c(F)c(C2(N=C=O)CCCC2)c1. The fourth-order valence-corrected chi connectivity index (χ4v) is 2.68. The average Bonchev–Trinajstić information content (AvgIpc) is 2.82. The molecule has 0 N–H and O–H groups in total. The first-order valence-electron chi connectivity index (χ1n) is 6.20. The van der Waals surface area contributed by atoms with Crippen molar-refractivity contribution in [3.05, 3.63) is 34.9 Å². The normalized spacial score (nSPS) is 17.5. The molecule has 0 amide bonds. The summed E-state index contributed by atoms with van der Waals surface area (Å²) in [5.41, 5.74) is 0.0224. The molecular weight excluding hydrogens is 236 g/mol. The lowest BCUT2D eigenvalue weighted by Crippen LogP contribution is -2.21. The molecule has 96 valence electrons. The van der Waals surface area contributed by atoms with Gasteiger partial charge in [-0.2, -0.15) is 4.99 Å². The first-order valence-corrected chi connectivity index (χ1v) is 6.20. The number of halogens is 2. The summed E-state index contributed by atoms with van der Waals surface area (Å²) >= 11 is 0. The summed E-state index contributed by atoms with van der Waals surface area (Å²) in [4.78, 5) is 14.4. The fourth-order valence-electron chi connectivity index (χ4n) is 2.68. The fraction of sp³-hybridized carbons (Fsp3) is 0.500. The van der Waals surface area contributed by atoms with Crippen molar-refractivity contribution in [3.8, 4) is 0 Å². The van der Waals surface area contributed by atoms with Crippen LogP contribution in [0.15, 0.2) is 17.1 Å². The molecule has 1 aliphatic carbocycles. The van der Waals surface area contributed by atoms with Crippen molar-refractivity contribution >= 4 is 6.08 Å². The van der Waals surface area contributed by atoms with E-state index >= 15 is 0 Å². The van der Waals surface area contributed by atoms with Crippen molar-refractivity contribution in [2.24, 2.45) is 4.99 Å². The topological polar surface area (TPSA) is 29.4 Å². The van der Waals surface area contributed by atoms with E-state index in [4.69, 9.17) is 0 Å². The molecule has 0 radical (unpaired) electrons. The third kappa shape index (κ3) is 2.08. The number of hydrogen-bond donors (Lipinski definition) is 0. The number of aryl methyl sites for hydroxylation is 1. The predicted molar refractivity (Wildman–Crippen MR) is 64.0 cm³/mol. The van der Waals surface area contributed by atoms with Gasteiger partial charge < -0.3 is 0 Å². The van der Waals surface area contributed by atoms with Gasteiger partial charge in [0.05, 0.1) is 0 Å². The highest BCUT2D eigenvalue weighted by atomic mass is 19.2. The summed E-state index contributed by atoms with van der Waals surface area (Å²) in [5, 5.41) is 0. The molecule has 1 fully saturated rings. The Labute approximate surface area is 105 Å². The van der Waals surface area contributed by atoms with Crippen LogP contribution in [0, 0.1) is 11.6 Å². The summed E-state index contributed by atoms with van der Waals surface area (Å²) < 4.78 is 27.5. The summed E-state index contributed by atoms with van der Waals surface area (Å²) in [6.07, 6.45) is 5.01. The summed E-state index contributed by atoms with van der Waals surface area (Å²) in [7, 11) is 0. The highest BCUT2D eigenvalue weighted by molar-refractivity contribution is 5.40. The zero-order valence-corrected chi connectivity index (χ0v) is 10.3. The molecule has 0 atom stereocenters. The molecule has 0 unspecified atom stereocenters. The van der Waals surface area contributed by atoms with E-state index in [1.165, 1.54) is 12.1 Å². The van der Waals surface area contributed by atoms with Crippen molar-refractivity contribution in [2.75, 3.05) is 0 Å². The largest absolute Gasteiger partial charge is 0.235 e. The third-order valence-corrected chi connectivity index (χ3v) is 3.69. The predicted octanol–water partition coefficient (Wildman–Crippen LogP) is 3.63. The van der Waals surface area contributed by atoms with Crippen LogP contribution < -0.4 is 0 Å². The minimum absolute atomic E-state index is 0.209. The van der Waals surface area contributed by atoms with Crippen LogP contribution in [0.2, 0.25) is 0 Å². The van der Waals surface area contributed by atoms with Crippen molar-refractivity contribution in [1.82, 2.24) is 0 Å². The summed E-state index contributed by atoms with van der Waals surface area (Å²) in [6.45, 7) is 1.88. The van der Waals surface area contributed by atoms with Crippen LogP contribution in [0.1, 0.15) is 43.7 Å². The second-order valence-electron chi connectivity index (χ2n) is 4.73. The van der Waals surface area contributed by atoms with Crippen LogP contribution in [0.5, 0.6) is 0 Å². The van der Waals surface area contributed by atoms with Crippen molar-refractivity contribution < 1.29 is 13.6 Å². The molecule has 0 saturated heterocycles. The molecule has 2 rings (SSSR count). The van der Waals surface area contributed by atoms with Crippen LogP contribution in [0.4, 0.5) is 8.78 Å². The van der Waals surface area contributed by atoms with Gasteiger partial charge in [-0.15, -0.1) is 0 Å². The van der Waals surface area contributed by atoms with E-state index in [0.717, 1.165) is 18.4 Å². The van der Waals surface area contributed by atoms with Crippen molar-refractivity contribution in [1.29, 1.82) is 0 Å². The molecule has 1 aliphatic rings. The molecule has 0 aliphatic heterocycles. The molecule has 2 nitrogen and oxygen atoms in total. The molecule has 0 bridgehead atoms. The molecule has 0 spiro atoms. The van der Waals surface area contributed by atoms with E-state index < -0.39 is 17.2 Å². The number of rotatable bonds is 3. The lowest BCUT2D eigenvalue weighted by Gasteiger charge is -2.24. The second kappa shape index (κ2) is 4.99. The second-order valence-corrected chi connectivity index (χ2v) is 4.73. The van der Waals surface area contributed by atoms with Gasteiger partial charge in [-0.05, 0) is 30.9 Å². The monoisotopic (exact) mass is 251 g/mol. The molecular formula is C14H15F2NO. The Morgan fingerprint density at radius 3 is 2.56 bits per heavy atom. The molecule has 4 heteroatoms. The molecule has 0 heterocycles. The first-order chi connectivity index (χ1) is 8.63. The Morgan fingerprint density at radius 2 is 2.00 bits per heavy atom. The Kier molecular flexibility index (Phi) is 3.58. The molecule has 18 heavy (non-hydrogen) atoms. The molecule has 1 aromatic carbocycles. The summed E-state index contributed by atoms with van der Waals surface area (Å²) in [5.74, 6) is -1.75. The van der Waals surface area contributed by atoms with E-state index in [2.05, 4.69) is 4.99 Å². The van der Waals surface area contributed by atoms with E-state index in [9.17, 15) is 13.6 Å². The number of carbonyl (C=O) groups excluding carboxylic acids is 1. The first kappa shape index (κ1) is 12.9. The van der Waals surface area contributed by atoms with E-state index in [0.29, 0.717) is 19.3 Å². The van der Waals surface area contributed by atoms with Gasteiger partial charge in [0.25, 0.3) is 0 Å². The van der Waals surface area contributed by atoms with Gasteiger partial charge in [-0.25, -0.2) is 13.6 Å². The maximum Gasteiger partial charge on any atom is 0.235 e. The Morgan fingerprint density at radius 1 is 1.33 bits per heavy atom. The number of hydrogen-bond acceptors (Lipinski definition) is 2. The van der Waals surface area contributed by atoms with Crippen molar-refractivity contribution in [2.45, 2.75) is 44.6 Å². The standard InChI is InChI=1S/C14H15F2NO/c1-2-10-7-11(13(16)12(15)8-10)14(17-9-18)5-3-4-6-14/h7-8H,2-6H2,1H3. The molecule has 1 aromatic rings.